The summed E-state index contributed by atoms with van der Waals surface area (Å²) in [4.78, 5) is 15.9. The fraction of sp³-hybridized carbons (Fsp3) is 0.500. The van der Waals surface area contributed by atoms with Gasteiger partial charge in [-0.05, 0) is 32.4 Å². The number of Topliss-reactive ketones (excluding diaryl/α,β-unsaturated/α-hetero) is 1. The molecule has 0 fully saturated rings. The van der Waals surface area contributed by atoms with Gasteiger partial charge < -0.3 is 14.4 Å². The molecule has 0 saturated carbocycles. The van der Waals surface area contributed by atoms with Crippen LogP contribution in [0, 0.1) is 0 Å². The number of aryl methyl sites for hydroxylation is 2. The fourth-order valence-electron chi connectivity index (χ4n) is 2.36. The lowest BCUT2D eigenvalue weighted by Crippen LogP contribution is -2.07. The lowest BCUT2D eigenvalue weighted by Gasteiger charge is -2.08. The summed E-state index contributed by atoms with van der Waals surface area (Å²) in [6, 6.07) is 5.83. The number of aliphatic hydroxyl groups excluding tert-OH is 1. The van der Waals surface area contributed by atoms with Crippen LogP contribution in [0.2, 0.25) is 0 Å². The molecular formula is C16H22N2O3. The number of rotatable bonds is 8. The van der Waals surface area contributed by atoms with E-state index >= 15 is 0 Å². The smallest absolute Gasteiger partial charge is 0.131 e. The monoisotopic (exact) mass is 290 g/mol. The third-order valence-corrected chi connectivity index (χ3v) is 3.36. The minimum atomic E-state index is 0.139. The molecule has 0 spiro atoms. The highest BCUT2D eigenvalue weighted by Gasteiger charge is 2.12. The average Bonchev–Trinajstić information content (AvgIpc) is 2.80. The normalized spacial score (nSPS) is 11.0. The molecule has 0 unspecified atom stereocenters. The summed E-state index contributed by atoms with van der Waals surface area (Å²) < 4.78 is 7.57. The van der Waals surface area contributed by atoms with E-state index in [2.05, 4.69) is 9.55 Å². The molecule has 1 aromatic carbocycles. The Morgan fingerprint density at radius 2 is 2.24 bits per heavy atom. The van der Waals surface area contributed by atoms with Gasteiger partial charge in [-0.1, -0.05) is 0 Å². The van der Waals surface area contributed by atoms with Crippen molar-refractivity contribution in [3.8, 4) is 5.75 Å². The number of carbonyl (C=O) groups is 1. The number of carbonyl (C=O) groups excluding carboxylic acids is 1. The Kier molecular flexibility index (Phi) is 5.33. The Hall–Kier alpha value is -1.88. The zero-order valence-corrected chi connectivity index (χ0v) is 12.6. The number of hydrogen-bond acceptors (Lipinski definition) is 4. The van der Waals surface area contributed by atoms with Crippen LogP contribution in [-0.4, -0.2) is 33.7 Å². The van der Waals surface area contributed by atoms with E-state index in [4.69, 9.17) is 9.84 Å². The molecule has 1 aromatic heterocycles. The van der Waals surface area contributed by atoms with E-state index in [1.165, 1.54) is 0 Å². The van der Waals surface area contributed by atoms with Crippen LogP contribution in [0.3, 0.4) is 0 Å². The summed E-state index contributed by atoms with van der Waals surface area (Å²) in [5.74, 6) is 1.87. The highest BCUT2D eigenvalue weighted by Crippen LogP contribution is 2.23. The molecule has 21 heavy (non-hydrogen) atoms. The highest BCUT2D eigenvalue weighted by molar-refractivity contribution is 5.79. The predicted molar refractivity (Wildman–Crippen MR) is 81.6 cm³/mol. The van der Waals surface area contributed by atoms with Gasteiger partial charge in [-0.15, -0.1) is 0 Å². The minimum absolute atomic E-state index is 0.139. The number of benzene rings is 1. The van der Waals surface area contributed by atoms with E-state index in [1.807, 2.05) is 25.1 Å². The second-order valence-corrected chi connectivity index (χ2v) is 5.04. The van der Waals surface area contributed by atoms with Crippen LogP contribution >= 0.6 is 0 Å². The van der Waals surface area contributed by atoms with E-state index in [0.29, 0.717) is 32.4 Å². The van der Waals surface area contributed by atoms with Crippen LogP contribution in [0.4, 0.5) is 0 Å². The predicted octanol–water partition coefficient (Wildman–Crippen LogP) is 2.34. The van der Waals surface area contributed by atoms with Crippen molar-refractivity contribution < 1.29 is 14.6 Å². The summed E-state index contributed by atoms with van der Waals surface area (Å²) in [6.07, 6.45) is 1.86. The number of ketones is 1. The summed E-state index contributed by atoms with van der Waals surface area (Å²) >= 11 is 0. The second kappa shape index (κ2) is 7.22. The maximum atomic E-state index is 11.2. The van der Waals surface area contributed by atoms with Crippen molar-refractivity contribution in [2.24, 2.45) is 0 Å². The molecule has 114 valence electrons. The molecule has 2 rings (SSSR count). The number of aromatic nitrogens is 2. The lowest BCUT2D eigenvalue weighted by atomic mass is 10.2. The standard InChI is InChI=1S/C16H22N2O3/c1-3-21-13-6-7-15-14(11-13)17-16(5-4-10-19)18(15)9-8-12(2)20/h6-7,11,19H,3-5,8-10H2,1-2H3. The molecule has 1 heterocycles. The molecule has 0 aliphatic carbocycles. The summed E-state index contributed by atoms with van der Waals surface area (Å²) in [6.45, 7) is 4.93. The van der Waals surface area contributed by atoms with Crippen molar-refractivity contribution in [2.75, 3.05) is 13.2 Å². The van der Waals surface area contributed by atoms with Crippen molar-refractivity contribution in [3.63, 3.8) is 0 Å². The Morgan fingerprint density at radius 3 is 2.90 bits per heavy atom. The first-order chi connectivity index (χ1) is 10.2. The van der Waals surface area contributed by atoms with Crippen LogP contribution in [0.1, 0.15) is 32.5 Å². The van der Waals surface area contributed by atoms with Gasteiger partial charge in [0.1, 0.15) is 17.4 Å². The molecule has 1 N–H and O–H groups in total. The van der Waals surface area contributed by atoms with Gasteiger partial charge in [-0.2, -0.15) is 0 Å². The van der Waals surface area contributed by atoms with E-state index in [9.17, 15) is 4.79 Å². The Bertz CT molecular complexity index is 619. The Morgan fingerprint density at radius 1 is 1.43 bits per heavy atom. The third-order valence-electron chi connectivity index (χ3n) is 3.36. The Labute approximate surface area is 124 Å². The molecule has 0 aliphatic heterocycles. The molecule has 0 amide bonds. The van der Waals surface area contributed by atoms with Gasteiger partial charge in [-0.3, -0.25) is 4.79 Å². The van der Waals surface area contributed by atoms with Gasteiger partial charge in [0.2, 0.25) is 0 Å². The largest absolute Gasteiger partial charge is 0.494 e. The fourth-order valence-corrected chi connectivity index (χ4v) is 2.36. The summed E-state index contributed by atoms with van der Waals surface area (Å²) in [5, 5.41) is 9.01. The van der Waals surface area contributed by atoms with Crippen LogP contribution in [0.5, 0.6) is 5.75 Å². The zero-order chi connectivity index (χ0) is 15.2. The quantitative estimate of drug-likeness (QED) is 0.810. The highest BCUT2D eigenvalue weighted by atomic mass is 16.5. The third kappa shape index (κ3) is 3.82. The van der Waals surface area contributed by atoms with Gasteiger partial charge in [-0.25, -0.2) is 4.98 Å². The summed E-state index contributed by atoms with van der Waals surface area (Å²) in [7, 11) is 0. The second-order valence-electron chi connectivity index (χ2n) is 5.04. The van der Waals surface area contributed by atoms with Crippen LogP contribution in [0.25, 0.3) is 11.0 Å². The van der Waals surface area contributed by atoms with E-state index in [1.54, 1.807) is 6.92 Å². The molecule has 0 radical (unpaired) electrons. The van der Waals surface area contributed by atoms with Crippen molar-refractivity contribution in [2.45, 2.75) is 39.7 Å². The van der Waals surface area contributed by atoms with Crippen molar-refractivity contribution in [1.29, 1.82) is 0 Å². The SMILES string of the molecule is CCOc1ccc2c(c1)nc(CCCO)n2CCC(C)=O. The van der Waals surface area contributed by atoms with E-state index in [0.717, 1.165) is 22.6 Å². The van der Waals surface area contributed by atoms with Gasteiger partial charge in [0.05, 0.1) is 17.6 Å². The number of fused-ring (bicyclic) bond motifs is 1. The minimum Gasteiger partial charge on any atom is -0.494 e. The number of ether oxygens (including phenoxy) is 1. The summed E-state index contributed by atoms with van der Waals surface area (Å²) in [5.41, 5.74) is 1.88. The molecular weight excluding hydrogens is 268 g/mol. The molecule has 0 saturated heterocycles. The first-order valence-electron chi connectivity index (χ1n) is 7.38. The molecule has 0 atom stereocenters. The first-order valence-corrected chi connectivity index (χ1v) is 7.38. The van der Waals surface area contributed by atoms with Crippen molar-refractivity contribution in [1.82, 2.24) is 9.55 Å². The molecule has 2 aromatic rings. The number of nitrogens with zero attached hydrogens (tertiary/aromatic N) is 2. The van der Waals surface area contributed by atoms with Crippen molar-refractivity contribution in [3.05, 3.63) is 24.0 Å². The van der Waals surface area contributed by atoms with Crippen LogP contribution in [0.15, 0.2) is 18.2 Å². The maximum absolute atomic E-state index is 11.2. The lowest BCUT2D eigenvalue weighted by molar-refractivity contribution is -0.117. The van der Waals surface area contributed by atoms with E-state index < -0.39 is 0 Å². The van der Waals surface area contributed by atoms with Gasteiger partial charge >= 0.3 is 0 Å². The zero-order valence-electron chi connectivity index (χ0n) is 12.6. The number of imidazole rings is 1. The van der Waals surface area contributed by atoms with Gasteiger partial charge in [0, 0.05) is 32.1 Å². The van der Waals surface area contributed by atoms with Crippen LogP contribution < -0.4 is 4.74 Å². The molecule has 5 nitrogen and oxygen atoms in total. The molecule has 5 heteroatoms. The average molecular weight is 290 g/mol. The van der Waals surface area contributed by atoms with Gasteiger partial charge in [0.15, 0.2) is 0 Å². The molecule has 0 bridgehead atoms. The van der Waals surface area contributed by atoms with E-state index in [-0.39, 0.29) is 12.4 Å². The topological polar surface area (TPSA) is 64.3 Å². The number of hydrogen-bond donors (Lipinski definition) is 1. The first kappa shape index (κ1) is 15.5. The maximum Gasteiger partial charge on any atom is 0.131 e. The number of aliphatic hydroxyl groups is 1. The van der Waals surface area contributed by atoms with Gasteiger partial charge in [0.25, 0.3) is 0 Å². The van der Waals surface area contributed by atoms with Crippen molar-refractivity contribution >= 4 is 16.8 Å². The van der Waals surface area contributed by atoms with Crippen LogP contribution in [-0.2, 0) is 17.8 Å². The molecule has 0 aliphatic rings. The Balaban J connectivity index is 2.37.